The van der Waals surface area contributed by atoms with Crippen LogP contribution in [0.1, 0.15) is 31.6 Å². The molecule has 1 aromatic rings. The van der Waals surface area contributed by atoms with Crippen molar-refractivity contribution in [1.29, 1.82) is 0 Å². The monoisotopic (exact) mass is 323 g/mol. The zero-order valence-electron chi connectivity index (χ0n) is 11.0. The van der Waals surface area contributed by atoms with Crippen LogP contribution in [0.3, 0.4) is 0 Å². The van der Waals surface area contributed by atoms with E-state index in [1.165, 1.54) is 6.07 Å². The highest BCUT2D eigenvalue weighted by Gasteiger charge is 2.13. The molecule has 0 saturated heterocycles. The van der Waals surface area contributed by atoms with E-state index in [4.69, 9.17) is 10.7 Å². The number of halogens is 1. The number of hydrogen-bond donors (Lipinski definition) is 1. The van der Waals surface area contributed by atoms with Crippen LogP contribution in [0.4, 0.5) is 0 Å². The summed E-state index contributed by atoms with van der Waals surface area (Å²) >= 11 is 1.14. The minimum absolute atomic E-state index is 0.0374. The highest BCUT2D eigenvalue weighted by atomic mass is 35.7. The maximum atomic E-state index is 11.5. The van der Waals surface area contributed by atoms with Gasteiger partial charge in [-0.05, 0) is 30.9 Å². The fourth-order valence-corrected chi connectivity index (χ4v) is 3.58. The molecule has 108 valence electrons. The molecule has 0 aliphatic rings. The van der Waals surface area contributed by atoms with Crippen LogP contribution in [0.25, 0.3) is 0 Å². The van der Waals surface area contributed by atoms with Gasteiger partial charge < -0.3 is 5.32 Å². The van der Waals surface area contributed by atoms with Gasteiger partial charge in [0.2, 0.25) is 5.91 Å². The van der Waals surface area contributed by atoms with Crippen LogP contribution in [0.15, 0.2) is 16.3 Å². The van der Waals surface area contributed by atoms with Gasteiger partial charge in [-0.3, -0.25) is 4.79 Å². The third-order valence-corrected chi connectivity index (χ3v) is 5.76. The Morgan fingerprint density at radius 1 is 1.42 bits per heavy atom. The van der Waals surface area contributed by atoms with Crippen molar-refractivity contribution in [3.05, 3.63) is 17.0 Å². The summed E-state index contributed by atoms with van der Waals surface area (Å²) in [7, 11) is 1.60. The fourth-order valence-electron chi connectivity index (χ4n) is 1.46. The molecule has 0 spiro atoms. The zero-order valence-corrected chi connectivity index (χ0v) is 13.4. The first-order valence-corrected chi connectivity index (χ1v) is 9.21. The molecule has 0 saturated carbocycles. The zero-order chi connectivity index (χ0) is 14.5. The van der Waals surface area contributed by atoms with Crippen molar-refractivity contribution < 1.29 is 13.2 Å². The van der Waals surface area contributed by atoms with Gasteiger partial charge in [-0.25, -0.2) is 8.42 Å². The van der Waals surface area contributed by atoms with Crippen molar-refractivity contribution in [1.82, 2.24) is 5.32 Å². The molecular weight excluding hydrogens is 306 g/mol. The number of carbonyl (C=O) groups is 1. The smallest absolute Gasteiger partial charge is 0.270 e. The molecule has 1 rings (SSSR count). The van der Waals surface area contributed by atoms with Gasteiger partial charge in [-0.15, -0.1) is 11.3 Å². The molecular formula is C12H18ClNO3S2. The molecule has 0 atom stereocenters. The Labute approximate surface area is 122 Å². The SMILES string of the molecule is CC(C)CCC(=O)NCCc1ccc(S(=O)(=O)Cl)s1. The summed E-state index contributed by atoms with van der Waals surface area (Å²) in [4.78, 5) is 12.4. The number of rotatable bonds is 7. The summed E-state index contributed by atoms with van der Waals surface area (Å²) in [6, 6.07) is 3.21. The second kappa shape index (κ2) is 7.26. The third kappa shape index (κ3) is 6.40. The van der Waals surface area contributed by atoms with Gasteiger partial charge in [0.1, 0.15) is 4.21 Å². The van der Waals surface area contributed by atoms with Gasteiger partial charge in [0.05, 0.1) is 0 Å². The predicted octanol–water partition coefficient (Wildman–Crippen LogP) is 2.77. The van der Waals surface area contributed by atoms with Crippen molar-refractivity contribution in [3.63, 3.8) is 0 Å². The summed E-state index contributed by atoms with van der Waals surface area (Å²) < 4.78 is 22.3. The second-order valence-electron chi connectivity index (χ2n) is 4.69. The van der Waals surface area contributed by atoms with Crippen molar-refractivity contribution in [2.45, 2.75) is 37.3 Å². The van der Waals surface area contributed by atoms with E-state index in [1.807, 2.05) is 0 Å². The maximum Gasteiger partial charge on any atom is 0.270 e. The summed E-state index contributed by atoms with van der Waals surface area (Å²) in [5.41, 5.74) is 0. The van der Waals surface area contributed by atoms with Crippen LogP contribution in [0.5, 0.6) is 0 Å². The molecule has 1 aromatic heterocycles. The van der Waals surface area contributed by atoms with Crippen LogP contribution in [0, 0.1) is 5.92 Å². The number of nitrogens with one attached hydrogen (secondary N) is 1. The van der Waals surface area contributed by atoms with Crippen molar-refractivity contribution in [2.24, 2.45) is 5.92 Å². The minimum atomic E-state index is -3.64. The molecule has 1 amide bonds. The first kappa shape index (κ1) is 16.5. The van der Waals surface area contributed by atoms with Crippen LogP contribution in [-0.2, 0) is 20.3 Å². The van der Waals surface area contributed by atoms with Crippen LogP contribution < -0.4 is 5.32 Å². The maximum absolute atomic E-state index is 11.5. The molecule has 1 heterocycles. The standard InChI is InChI=1S/C12H18ClNO3S2/c1-9(2)3-5-11(15)14-8-7-10-4-6-12(18-10)19(13,16)17/h4,6,9H,3,5,7-8H2,1-2H3,(H,14,15). The molecule has 0 unspecified atom stereocenters. The lowest BCUT2D eigenvalue weighted by molar-refractivity contribution is -0.121. The average molecular weight is 324 g/mol. The Morgan fingerprint density at radius 2 is 2.11 bits per heavy atom. The molecule has 0 aliphatic carbocycles. The summed E-state index contributed by atoms with van der Waals surface area (Å²) in [5.74, 6) is 0.551. The van der Waals surface area contributed by atoms with E-state index in [0.717, 1.165) is 22.6 Å². The van der Waals surface area contributed by atoms with Gasteiger partial charge in [0, 0.05) is 28.5 Å². The van der Waals surface area contributed by atoms with E-state index in [1.54, 1.807) is 6.07 Å². The predicted molar refractivity (Wildman–Crippen MR) is 78.1 cm³/mol. The fraction of sp³-hybridized carbons (Fsp3) is 0.583. The Hall–Kier alpha value is -0.590. The minimum Gasteiger partial charge on any atom is -0.356 e. The Morgan fingerprint density at radius 3 is 2.63 bits per heavy atom. The quantitative estimate of drug-likeness (QED) is 0.785. The molecule has 4 nitrogen and oxygen atoms in total. The van der Waals surface area contributed by atoms with Crippen molar-refractivity contribution in [2.75, 3.05) is 6.54 Å². The summed E-state index contributed by atoms with van der Waals surface area (Å²) in [6.07, 6.45) is 2.02. The van der Waals surface area contributed by atoms with E-state index in [0.29, 0.717) is 25.3 Å². The van der Waals surface area contributed by atoms with Crippen LogP contribution >= 0.6 is 22.0 Å². The van der Waals surface area contributed by atoms with Crippen LogP contribution in [0.2, 0.25) is 0 Å². The van der Waals surface area contributed by atoms with Gasteiger partial charge in [0.25, 0.3) is 9.05 Å². The molecule has 0 fully saturated rings. The molecule has 1 N–H and O–H groups in total. The number of thiophene rings is 1. The number of hydrogen-bond acceptors (Lipinski definition) is 4. The van der Waals surface area contributed by atoms with E-state index in [-0.39, 0.29) is 10.1 Å². The Bertz CT molecular complexity index is 523. The summed E-state index contributed by atoms with van der Waals surface area (Å²) in [6.45, 7) is 4.67. The highest BCUT2D eigenvalue weighted by Crippen LogP contribution is 2.24. The number of amides is 1. The molecule has 0 aromatic carbocycles. The van der Waals surface area contributed by atoms with E-state index in [9.17, 15) is 13.2 Å². The molecule has 19 heavy (non-hydrogen) atoms. The van der Waals surface area contributed by atoms with E-state index < -0.39 is 9.05 Å². The lowest BCUT2D eigenvalue weighted by Crippen LogP contribution is -2.25. The van der Waals surface area contributed by atoms with Gasteiger partial charge in [-0.1, -0.05) is 13.8 Å². The molecule has 0 aliphatic heterocycles. The molecule has 0 radical (unpaired) electrons. The van der Waals surface area contributed by atoms with E-state index >= 15 is 0 Å². The van der Waals surface area contributed by atoms with E-state index in [2.05, 4.69) is 19.2 Å². The normalized spacial score (nSPS) is 11.8. The first-order valence-electron chi connectivity index (χ1n) is 6.09. The van der Waals surface area contributed by atoms with Gasteiger partial charge >= 0.3 is 0 Å². The largest absolute Gasteiger partial charge is 0.356 e. The summed E-state index contributed by atoms with van der Waals surface area (Å²) in [5, 5.41) is 2.82. The Balaban J connectivity index is 2.34. The molecule has 0 bridgehead atoms. The van der Waals surface area contributed by atoms with Crippen LogP contribution in [-0.4, -0.2) is 20.9 Å². The second-order valence-corrected chi connectivity index (χ2v) is 8.65. The average Bonchev–Trinajstić information content (AvgIpc) is 2.74. The molecule has 7 heteroatoms. The topological polar surface area (TPSA) is 63.2 Å². The third-order valence-electron chi connectivity index (χ3n) is 2.52. The number of carbonyl (C=O) groups excluding carboxylic acids is 1. The lowest BCUT2D eigenvalue weighted by atomic mass is 10.1. The van der Waals surface area contributed by atoms with Gasteiger partial charge in [0.15, 0.2) is 0 Å². The lowest BCUT2D eigenvalue weighted by Gasteiger charge is -2.05. The first-order chi connectivity index (χ1) is 8.79. The van der Waals surface area contributed by atoms with Gasteiger partial charge in [-0.2, -0.15) is 0 Å². The highest BCUT2D eigenvalue weighted by molar-refractivity contribution is 8.15. The van der Waals surface area contributed by atoms with Crippen molar-refractivity contribution >= 4 is 37.0 Å². The van der Waals surface area contributed by atoms with Crippen molar-refractivity contribution in [3.8, 4) is 0 Å². The Kier molecular flexibility index (Phi) is 6.29.